The highest BCUT2D eigenvalue weighted by Crippen LogP contribution is 2.38. The minimum Gasteiger partial charge on any atom is -0.507 e. The molecule has 0 saturated heterocycles. The van der Waals surface area contributed by atoms with Crippen LogP contribution in [0, 0.1) is 0 Å². The largest absolute Gasteiger partial charge is 0.507 e. The molecule has 0 amide bonds. The summed E-state index contributed by atoms with van der Waals surface area (Å²) in [5.41, 5.74) is 1.21. The molecule has 2 aromatic rings. The van der Waals surface area contributed by atoms with Gasteiger partial charge < -0.3 is 19.7 Å². The number of phenols is 1. The number of ether oxygens (including phenoxy) is 2. The Morgan fingerprint density at radius 1 is 1.12 bits per heavy atom. The normalized spacial score (nSPS) is 10.2. The van der Waals surface area contributed by atoms with Crippen molar-refractivity contribution in [2.45, 2.75) is 6.42 Å². The number of carboxylic acids is 1. The molecule has 6 heteroatoms. The highest BCUT2D eigenvalue weighted by atomic mass is 16.5. The Morgan fingerprint density at radius 2 is 1.80 bits per heavy atom. The Bertz CT molecular complexity index is 838. The molecule has 0 aromatic heterocycles. The molecule has 0 aliphatic heterocycles. The predicted molar refractivity (Wildman–Crippen MR) is 92.5 cm³/mol. The minimum atomic E-state index is -1.11. The Morgan fingerprint density at radius 3 is 2.36 bits per heavy atom. The fraction of sp³-hybridized carbons (Fsp3) is 0.158. The first kappa shape index (κ1) is 18.1. The maximum absolute atomic E-state index is 12.3. The smallest absolute Gasteiger partial charge is 0.307 e. The fourth-order valence-corrected chi connectivity index (χ4v) is 2.54. The molecule has 0 atom stereocenters. The van der Waals surface area contributed by atoms with Crippen LogP contribution in [0.15, 0.2) is 43.0 Å². The van der Waals surface area contributed by atoms with Crippen LogP contribution < -0.4 is 9.47 Å². The second-order valence-corrected chi connectivity index (χ2v) is 5.20. The van der Waals surface area contributed by atoms with E-state index < -0.39 is 18.2 Å². The van der Waals surface area contributed by atoms with Crippen molar-refractivity contribution in [3.8, 4) is 28.4 Å². The Kier molecular flexibility index (Phi) is 5.44. The number of benzene rings is 2. The van der Waals surface area contributed by atoms with Gasteiger partial charge in [-0.3, -0.25) is 9.59 Å². The molecule has 0 unspecified atom stereocenters. The summed E-state index contributed by atoms with van der Waals surface area (Å²) in [7, 11) is 3.00. The topological polar surface area (TPSA) is 93.1 Å². The van der Waals surface area contributed by atoms with E-state index in [1.807, 2.05) is 0 Å². The first-order valence-corrected chi connectivity index (χ1v) is 7.38. The number of aliphatic carboxylic acids is 1. The molecule has 0 heterocycles. The number of phenolic OH excluding ortho intramolecular Hbond substituents is 1. The molecule has 0 aliphatic carbocycles. The first-order valence-electron chi connectivity index (χ1n) is 7.38. The van der Waals surface area contributed by atoms with E-state index in [0.717, 1.165) is 6.08 Å². The maximum atomic E-state index is 12.3. The van der Waals surface area contributed by atoms with E-state index in [2.05, 4.69) is 6.58 Å². The van der Waals surface area contributed by atoms with E-state index >= 15 is 0 Å². The van der Waals surface area contributed by atoms with Crippen LogP contribution in [0.25, 0.3) is 11.1 Å². The predicted octanol–water partition coefficient (Wildman–Crippen LogP) is 3.07. The average molecular weight is 342 g/mol. The third-order valence-electron chi connectivity index (χ3n) is 3.73. The summed E-state index contributed by atoms with van der Waals surface area (Å²) in [5.74, 6) is -0.985. The van der Waals surface area contributed by atoms with E-state index in [4.69, 9.17) is 14.6 Å². The van der Waals surface area contributed by atoms with E-state index in [-0.39, 0.29) is 16.9 Å². The van der Waals surface area contributed by atoms with Crippen molar-refractivity contribution in [3.63, 3.8) is 0 Å². The lowest BCUT2D eigenvalue weighted by atomic mass is 9.92. The van der Waals surface area contributed by atoms with Crippen molar-refractivity contribution in [3.05, 3.63) is 54.1 Å². The number of carbonyl (C=O) groups is 2. The molecule has 0 spiro atoms. The number of aromatic hydroxyl groups is 1. The van der Waals surface area contributed by atoms with Gasteiger partial charge in [-0.1, -0.05) is 24.8 Å². The van der Waals surface area contributed by atoms with Gasteiger partial charge in [0.1, 0.15) is 5.75 Å². The second-order valence-electron chi connectivity index (χ2n) is 5.20. The zero-order valence-corrected chi connectivity index (χ0v) is 13.9. The lowest BCUT2D eigenvalue weighted by molar-refractivity contribution is -0.136. The summed E-state index contributed by atoms with van der Waals surface area (Å²) in [6.45, 7) is 3.44. The number of hydrogen-bond acceptors (Lipinski definition) is 5. The number of allylic oxidation sites excluding steroid dienone is 1. The highest BCUT2D eigenvalue weighted by molar-refractivity contribution is 6.11. The Hall–Kier alpha value is -3.28. The fourth-order valence-electron chi connectivity index (χ4n) is 2.54. The number of rotatable bonds is 7. The maximum Gasteiger partial charge on any atom is 0.307 e. The van der Waals surface area contributed by atoms with Crippen LogP contribution in [0.2, 0.25) is 0 Å². The van der Waals surface area contributed by atoms with Crippen LogP contribution in [0.3, 0.4) is 0 Å². The third kappa shape index (κ3) is 3.63. The lowest BCUT2D eigenvalue weighted by Gasteiger charge is -2.14. The van der Waals surface area contributed by atoms with Gasteiger partial charge in [0.2, 0.25) is 0 Å². The van der Waals surface area contributed by atoms with Gasteiger partial charge >= 0.3 is 5.97 Å². The minimum absolute atomic E-state index is 0.000898. The number of methoxy groups -OCH3 is 2. The van der Waals surface area contributed by atoms with Gasteiger partial charge in [-0.15, -0.1) is 0 Å². The van der Waals surface area contributed by atoms with Crippen molar-refractivity contribution in [1.82, 2.24) is 0 Å². The van der Waals surface area contributed by atoms with Crippen molar-refractivity contribution in [2.75, 3.05) is 14.2 Å². The molecule has 0 aliphatic rings. The first-order chi connectivity index (χ1) is 11.9. The summed E-state index contributed by atoms with van der Waals surface area (Å²) in [5, 5.41) is 19.4. The van der Waals surface area contributed by atoms with Crippen LogP contribution in [-0.2, 0) is 11.2 Å². The summed E-state index contributed by atoms with van der Waals surface area (Å²) >= 11 is 0. The van der Waals surface area contributed by atoms with Crippen LogP contribution >= 0.6 is 0 Å². The summed E-state index contributed by atoms with van der Waals surface area (Å²) in [6.07, 6.45) is 0.680. The SMILES string of the molecule is C=CC(=O)c1c(-c2ccc(OC)c(OC)c2)ccc(CC(=O)O)c1O. The summed E-state index contributed by atoms with van der Waals surface area (Å²) in [4.78, 5) is 23.2. The lowest BCUT2D eigenvalue weighted by Crippen LogP contribution is -2.05. The molecule has 6 nitrogen and oxygen atoms in total. The second kappa shape index (κ2) is 7.53. The van der Waals surface area contributed by atoms with Crippen molar-refractivity contribution in [1.29, 1.82) is 0 Å². The Labute approximate surface area is 144 Å². The van der Waals surface area contributed by atoms with Crippen molar-refractivity contribution in [2.24, 2.45) is 0 Å². The monoisotopic (exact) mass is 342 g/mol. The Balaban J connectivity index is 2.68. The third-order valence-corrected chi connectivity index (χ3v) is 3.73. The quantitative estimate of drug-likeness (QED) is 0.593. The molecule has 0 saturated carbocycles. The van der Waals surface area contributed by atoms with Crippen LogP contribution in [0.4, 0.5) is 0 Å². The molecule has 0 bridgehead atoms. The number of carboxylic acid groups (broad SMARTS) is 1. The average Bonchev–Trinajstić information content (AvgIpc) is 2.61. The molecule has 2 N–H and O–H groups in total. The number of carbonyl (C=O) groups excluding carboxylic acids is 1. The molecule has 0 fully saturated rings. The van der Waals surface area contributed by atoms with Crippen LogP contribution in [-0.4, -0.2) is 36.2 Å². The van der Waals surface area contributed by atoms with Gasteiger partial charge in [0.25, 0.3) is 0 Å². The van der Waals surface area contributed by atoms with E-state index in [1.54, 1.807) is 24.3 Å². The van der Waals surface area contributed by atoms with E-state index in [9.17, 15) is 14.7 Å². The molecule has 2 aromatic carbocycles. The van der Waals surface area contributed by atoms with Gasteiger partial charge in [-0.25, -0.2) is 0 Å². The number of ketones is 1. The van der Waals surface area contributed by atoms with Gasteiger partial charge in [-0.05, 0) is 29.3 Å². The highest BCUT2D eigenvalue weighted by Gasteiger charge is 2.20. The zero-order valence-electron chi connectivity index (χ0n) is 13.9. The molecule has 25 heavy (non-hydrogen) atoms. The van der Waals surface area contributed by atoms with Gasteiger partial charge in [0.15, 0.2) is 17.3 Å². The van der Waals surface area contributed by atoms with Gasteiger partial charge in [0, 0.05) is 5.56 Å². The molecule has 2 rings (SSSR count). The van der Waals surface area contributed by atoms with Gasteiger partial charge in [0.05, 0.1) is 26.2 Å². The summed E-state index contributed by atoms with van der Waals surface area (Å²) < 4.78 is 10.5. The standard InChI is InChI=1S/C19H18O6/c1-4-14(20)18-13(7-5-12(19(18)23)10-17(21)22)11-6-8-15(24-2)16(9-11)25-3/h4-9,23H,1,10H2,2-3H3,(H,21,22). The summed E-state index contributed by atoms with van der Waals surface area (Å²) in [6, 6.07) is 8.14. The number of hydrogen-bond donors (Lipinski definition) is 2. The zero-order chi connectivity index (χ0) is 18.6. The van der Waals surface area contributed by atoms with Gasteiger partial charge in [-0.2, -0.15) is 0 Å². The van der Waals surface area contributed by atoms with Crippen LogP contribution in [0.5, 0.6) is 17.2 Å². The van der Waals surface area contributed by atoms with Crippen molar-refractivity contribution < 1.29 is 29.3 Å². The van der Waals surface area contributed by atoms with Crippen molar-refractivity contribution >= 4 is 11.8 Å². The van der Waals surface area contributed by atoms with E-state index in [0.29, 0.717) is 22.6 Å². The van der Waals surface area contributed by atoms with Crippen LogP contribution in [0.1, 0.15) is 15.9 Å². The molecule has 0 radical (unpaired) electrons. The molecular formula is C19H18O6. The molecular weight excluding hydrogens is 324 g/mol. The van der Waals surface area contributed by atoms with E-state index in [1.165, 1.54) is 20.3 Å². The molecule has 130 valence electrons.